The molecule has 1 heterocycles. The van der Waals surface area contributed by atoms with Crippen LogP contribution in [0, 0.1) is 20.2 Å². The molecule has 0 radical (unpaired) electrons. The first-order chi connectivity index (χ1) is 11.4. The van der Waals surface area contributed by atoms with E-state index in [2.05, 4.69) is 15.5 Å². The predicted octanol–water partition coefficient (Wildman–Crippen LogP) is 2.06. The Kier molecular flexibility index (Phi) is 4.84. The molecule has 2 rings (SSSR count). The fourth-order valence-corrected chi connectivity index (χ4v) is 1.70. The molecule has 0 spiro atoms. The third-order valence-electron chi connectivity index (χ3n) is 2.86. The van der Waals surface area contributed by atoms with Crippen molar-refractivity contribution < 1.29 is 19.7 Å². The number of aromatic nitrogens is 1. The first-order valence-electron chi connectivity index (χ1n) is 6.37. The number of ether oxygens (including phenoxy) is 1. The molecule has 0 bridgehead atoms. The molecule has 124 valence electrons. The quantitative estimate of drug-likeness (QED) is 0.462. The summed E-state index contributed by atoms with van der Waals surface area (Å²) in [6.07, 6.45) is 2.18. The fourth-order valence-electron chi connectivity index (χ4n) is 1.70. The van der Waals surface area contributed by atoms with Gasteiger partial charge in [-0.1, -0.05) is 0 Å². The van der Waals surface area contributed by atoms with Gasteiger partial charge in [0, 0.05) is 17.7 Å². The topological polar surface area (TPSA) is 153 Å². The van der Waals surface area contributed by atoms with Crippen LogP contribution in [-0.2, 0) is 0 Å². The molecule has 0 aliphatic carbocycles. The summed E-state index contributed by atoms with van der Waals surface area (Å²) in [5.41, 5.74) is 2.08. The van der Waals surface area contributed by atoms with Gasteiger partial charge >= 0.3 is 0 Å². The van der Waals surface area contributed by atoms with Gasteiger partial charge in [0.25, 0.3) is 11.4 Å². The van der Waals surface area contributed by atoms with E-state index in [1.54, 1.807) is 0 Å². The summed E-state index contributed by atoms with van der Waals surface area (Å²) in [6.45, 7) is 0. The Morgan fingerprint density at radius 2 is 1.96 bits per heavy atom. The van der Waals surface area contributed by atoms with Crippen LogP contribution >= 0.6 is 0 Å². The highest BCUT2D eigenvalue weighted by Crippen LogP contribution is 2.33. The second-order valence-corrected chi connectivity index (χ2v) is 4.37. The molecule has 0 aliphatic heterocycles. The maximum atomic E-state index is 10.9. The van der Waals surface area contributed by atoms with Crippen molar-refractivity contribution in [3.63, 3.8) is 0 Å². The molecule has 0 unspecified atom stereocenters. The number of hydrogen-bond acceptors (Lipinski definition) is 9. The number of non-ortho nitro benzene ring substituents is 1. The number of hydrazone groups is 1. The van der Waals surface area contributed by atoms with Crippen molar-refractivity contribution in [2.24, 2.45) is 5.10 Å². The molecular weight excluding hydrogens is 322 g/mol. The summed E-state index contributed by atoms with van der Waals surface area (Å²) in [4.78, 5) is 23.9. The van der Waals surface area contributed by atoms with Gasteiger partial charge < -0.3 is 9.84 Å². The first-order valence-corrected chi connectivity index (χ1v) is 6.37. The third-order valence-corrected chi connectivity index (χ3v) is 2.86. The van der Waals surface area contributed by atoms with Crippen molar-refractivity contribution in [2.75, 3.05) is 12.5 Å². The lowest BCUT2D eigenvalue weighted by Gasteiger charge is -2.06. The molecule has 2 aromatic rings. The smallest absolute Gasteiger partial charge is 0.287 e. The van der Waals surface area contributed by atoms with Gasteiger partial charge in [-0.3, -0.25) is 25.7 Å². The molecule has 24 heavy (non-hydrogen) atoms. The van der Waals surface area contributed by atoms with E-state index in [1.807, 2.05) is 0 Å². The highest BCUT2D eigenvalue weighted by Gasteiger charge is 2.15. The fraction of sp³-hybridized carbons (Fsp3) is 0.0769. The van der Waals surface area contributed by atoms with E-state index in [0.29, 0.717) is 0 Å². The van der Waals surface area contributed by atoms with Crippen LogP contribution in [0.5, 0.6) is 11.5 Å². The van der Waals surface area contributed by atoms with E-state index in [9.17, 15) is 25.3 Å². The monoisotopic (exact) mass is 333 g/mol. The molecule has 0 atom stereocenters. The molecule has 1 aromatic carbocycles. The number of nitro groups is 2. The van der Waals surface area contributed by atoms with Crippen LogP contribution in [0.2, 0.25) is 0 Å². The highest BCUT2D eigenvalue weighted by atomic mass is 16.6. The van der Waals surface area contributed by atoms with Crippen LogP contribution in [0.15, 0.2) is 35.6 Å². The van der Waals surface area contributed by atoms with E-state index >= 15 is 0 Å². The van der Waals surface area contributed by atoms with E-state index in [0.717, 1.165) is 24.5 Å². The van der Waals surface area contributed by atoms with Crippen molar-refractivity contribution in [3.05, 3.63) is 56.3 Å². The molecular formula is C13H11N5O6. The van der Waals surface area contributed by atoms with E-state index in [-0.39, 0.29) is 34.3 Å². The van der Waals surface area contributed by atoms with Gasteiger partial charge in [-0.25, -0.2) is 4.98 Å². The number of phenols is 1. The lowest BCUT2D eigenvalue weighted by Crippen LogP contribution is -1.97. The molecule has 0 saturated heterocycles. The molecule has 0 saturated carbocycles. The minimum atomic E-state index is -0.634. The lowest BCUT2D eigenvalue weighted by molar-refractivity contribution is -0.385. The van der Waals surface area contributed by atoms with E-state index < -0.39 is 9.85 Å². The van der Waals surface area contributed by atoms with Crippen molar-refractivity contribution in [2.45, 2.75) is 0 Å². The zero-order valence-electron chi connectivity index (χ0n) is 12.2. The predicted molar refractivity (Wildman–Crippen MR) is 83.4 cm³/mol. The minimum Gasteiger partial charge on any atom is -0.504 e. The largest absolute Gasteiger partial charge is 0.504 e. The van der Waals surface area contributed by atoms with Crippen molar-refractivity contribution in [1.82, 2.24) is 4.98 Å². The summed E-state index contributed by atoms with van der Waals surface area (Å²) in [5.74, 6) is -0.168. The number of hydrogen-bond donors (Lipinski definition) is 2. The van der Waals surface area contributed by atoms with Crippen LogP contribution in [0.1, 0.15) is 5.56 Å². The number of phenolic OH excluding ortho intramolecular Hbond substituents is 1. The molecule has 0 aliphatic rings. The summed E-state index contributed by atoms with van der Waals surface area (Å²) >= 11 is 0. The Morgan fingerprint density at radius 1 is 1.25 bits per heavy atom. The number of rotatable bonds is 6. The normalized spacial score (nSPS) is 10.5. The lowest BCUT2D eigenvalue weighted by atomic mass is 10.2. The van der Waals surface area contributed by atoms with E-state index in [1.165, 1.54) is 19.2 Å². The SMILES string of the molecule is COc1cc([N+](=O)[O-])cc(/C=N/Nc2ccc([N+](=O)[O-])cn2)c1O. The Bertz CT molecular complexity index is 805. The number of nitro benzene ring substituents is 1. The van der Waals surface area contributed by atoms with Gasteiger partial charge in [-0.15, -0.1) is 0 Å². The van der Waals surface area contributed by atoms with Crippen molar-refractivity contribution >= 4 is 23.4 Å². The van der Waals surface area contributed by atoms with Gasteiger partial charge in [0.1, 0.15) is 12.0 Å². The Balaban J connectivity index is 2.20. The second-order valence-electron chi connectivity index (χ2n) is 4.37. The van der Waals surface area contributed by atoms with Gasteiger partial charge in [-0.2, -0.15) is 5.10 Å². The number of benzene rings is 1. The van der Waals surface area contributed by atoms with Crippen LogP contribution in [-0.4, -0.2) is 33.3 Å². The molecule has 0 fully saturated rings. The number of methoxy groups -OCH3 is 1. The van der Waals surface area contributed by atoms with Gasteiger partial charge in [0.05, 0.1) is 29.2 Å². The number of aromatic hydroxyl groups is 1. The molecule has 11 heteroatoms. The van der Waals surface area contributed by atoms with Crippen LogP contribution < -0.4 is 10.2 Å². The maximum absolute atomic E-state index is 10.9. The number of nitrogens with one attached hydrogen (secondary N) is 1. The molecule has 0 amide bonds. The van der Waals surface area contributed by atoms with Crippen LogP contribution in [0.25, 0.3) is 0 Å². The third kappa shape index (κ3) is 3.71. The average molecular weight is 333 g/mol. The van der Waals surface area contributed by atoms with Crippen LogP contribution in [0.4, 0.5) is 17.2 Å². The average Bonchev–Trinajstić information content (AvgIpc) is 2.56. The second kappa shape index (κ2) is 7.00. The Hall–Kier alpha value is -3.76. The highest BCUT2D eigenvalue weighted by molar-refractivity contribution is 5.86. The summed E-state index contributed by atoms with van der Waals surface area (Å²) < 4.78 is 4.86. The van der Waals surface area contributed by atoms with Gasteiger partial charge in [0.15, 0.2) is 11.5 Å². The molecule has 2 N–H and O–H groups in total. The van der Waals surface area contributed by atoms with Crippen molar-refractivity contribution in [3.8, 4) is 11.5 Å². The number of nitrogens with zero attached hydrogens (tertiary/aromatic N) is 4. The van der Waals surface area contributed by atoms with E-state index in [4.69, 9.17) is 4.74 Å². The maximum Gasteiger partial charge on any atom is 0.287 e. The zero-order chi connectivity index (χ0) is 17.7. The summed E-state index contributed by atoms with van der Waals surface area (Å²) in [5, 5.41) is 35.1. The standard InChI is InChI=1S/C13H11N5O6/c1-24-11-5-10(18(22)23)4-8(13(11)19)6-15-16-12-3-2-9(7-14-12)17(20)21/h2-7,19H,1H3,(H,14,16)/b15-6+. The number of pyridine rings is 1. The summed E-state index contributed by atoms with van der Waals surface area (Å²) in [6, 6.07) is 4.77. The Labute approximate surface area is 134 Å². The first kappa shape index (κ1) is 16.6. The zero-order valence-corrected chi connectivity index (χ0v) is 12.2. The Morgan fingerprint density at radius 3 is 2.50 bits per heavy atom. The van der Waals surface area contributed by atoms with Crippen molar-refractivity contribution in [1.29, 1.82) is 0 Å². The minimum absolute atomic E-state index is 0.0514. The van der Waals surface area contributed by atoms with Gasteiger partial charge in [0.2, 0.25) is 0 Å². The van der Waals surface area contributed by atoms with Gasteiger partial charge in [-0.05, 0) is 6.07 Å². The number of anilines is 1. The molecule has 1 aromatic heterocycles. The summed E-state index contributed by atoms with van der Waals surface area (Å²) in [7, 11) is 1.26. The van der Waals surface area contributed by atoms with Crippen LogP contribution in [0.3, 0.4) is 0 Å². The molecule has 11 nitrogen and oxygen atoms in total.